The number of rotatable bonds is 5. The van der Waals surface area contributed by atoms with E-state index in [1.54, 1.807) is 4.57 Å². The quantitative estimate of drug-likeness (QED) is 0.890. The third kappa shape index (κ3) is 2.88. The number of likely N-dealkylation sites (tertiary alicyclic amines) is 1. The maximum atomic E-state index is 12.8. The average Bonchev–Trinajstić information content (AvgIpc) is 3.27. The lowest BCUT2D eigenvalue weighted by Crippen LogP contribution is -2.33. The van der Waals surface area contributed by atoms with Crippen LogP contribution in [0.2, 0.25) is 0 Å². The molecule has 1 amide bonds. The van der Waals surface area contributed by atoms with Crippen molar-refractivity contribution in [2.45, 2.75) is 32.9 Å². The number of carbonyl (C=O) groups excluding carboxylic acids is 1. The Bertz CT molecular complexity index is 826. The number of fused-ring (bicyclic) bond motifs is 2. The number of nitrogens with one attached hydrogen (secondary N) is 1. The van der Waals surface area contributed by atoms with Crippen molar-refractivity contribution in [3.8, 4) is 0 Å². The van der Waals surface area contributed by atoms with Crippen molar-refractivity contribution in [3.05, 3.63) is 34.7 Å². The molecule has 0 spiro atoms. The summed E-state index contributed by atoms with van der Waals surface area (Å²) in [5.41, 5.74) is 1.89. The summed E-state index contributed by atoms with van der Waals surface area (Å²) in [6, 6.07) is 7.87. The molecule has 6 heteroatoms. The molecule has 25 heavy (non-hydrogen) atoms. The second-order valence-electron chi connectivity index (χ2n) is 7.30. The van der Waals surface area contributed by atoms with E-state index in [1.807, 2.05) is 33.7 Å². The van der Waals surface area contributed by atoms with Crippen LogP contribution in [0, 0.1) is 11.8 Å². The zero-order chi connectivity index (χ0) is 17.4. The summed E-state index contributed by atoms with van der Waals surface area (Å²) < 4.78 is 3.59. The molecule has 2 aromatic rings. The number of hydrogen-bond acceptors (Lipinski definition) is 3. The van der Waals surface area contributed by atoms with Gasteiger partial charge >= 0.3 is 5.69 Å². The first-order valence-electron chi connectivity index (χ1n) is 9.35. The minimum atomic E-state index is -0.00154. The molecule has 1 aromatic carbocycles. The summed E-state index contributed by atoms with van der Waals surface area (Å²) in [5, 5.41) is 3.40. The van der Waals surface area contributed by atoms with E-state index in [0.717, 1.165) is 43.6 Å². The average molecular weight is 342 g/mol. The molecule has 2 atom stereocenters. The molecule has 3 heterocycles. The van der Waals surface area contributed by atoms with E-state index >= 15 is 0 Å². The van der Waals surface area contributed by atoms with Crippen LogP contribution in [0.1, 0.15) is 19.8 Å². The Balaban J connectivity index is 1.50. The zero-order valence-electron chi connectivity index (χ0n) is 14.8. The van der Waals surface area contributed by atoms with E-state index in [9.17, 15) is 9.59 Å². The first-order valence-corrected chi connectivity index (χ1v) is 9.35. The van der Waals surface area contributed by atoms with E-state index in [0.29, 0.717) is 31.3 Å². The van der Waals surface area contributed by atoms with Crippen molar-refractivity contribution >= 4 is 16.9 Å². The van der Waals surface area contributed by atoms with Gasteiger partial charge in [0.1, 0.15) is 0 Å². The molecule has 2 aliphatic heterocycles. The monoisotopic (exact) mass is 342 g/mol. The van der Waals surface area contributed by atoms with Crippen LogP contribution in [-0.4, -0.2) is 46.1 Å². The third-order valence-corrected chi connectivity index (χ3v) is 5.66. The largest absolute Gasteiger partial charge is 0.342 e. The number of nitrogens with zero attached hydrogens (tertiary/aromatic N) is 3. The van der Waals surface area contributed by atoms with Crippen molar-refractivity contribution in [2.24, 2.45) is 11.8 Å². The van der Waals surface area contributed by atoms with Crippen molar-refractivity contribution in [1.82, 2.24) is 19.4 Å². The van der Waals surface area contributed by atoms with Crippen LogP contribution in [0.3, 0.4) is 0 Å². The lowest BCUT2D eigenvalue weighted by atomic mass is 10.0. The summed E-state index contributed by atoms with van der Waals surface area (Å²) in [7, 11) is 0. The van der Waals surface area contributed by atoms with E-state index in [2.05, 4.69) is 12.2 Å². The van der Waals surface area contributed by atoms with Crippen LogP contribution in [0.25, 0.3) is 11.0 Å². The molecular formula is C19H26N4O2. The second-order valence-corrected chi connectivity index (χ2v) is 7.30. The van der Waals surface area contributed by atoms with Crippen LogP contribution in [0.5, 0.6) is 0 Å². The molecule has 4 rings (SSSR count). The highest BCUT2D eigenvalue weighted by Crippen LogP contribution is 2.26. The lowest BCUT2D eigenvalue weighted by molar-refractivity contribution is -0.130. The Morgan fingerprint density at radius 1 is 1.08 bits per heavy atom. The second kappa shape index (κ2) is 6.67. The molecule has 0 aliphatic carbocycles. The van der Waals surface area contributed by atoms with Gasteiger partial charge in [-0.25, -0.2) is 4.79 Å². The van der Waals surface area contributed by atoms with Gasteiger partial charge in [-0.1, -0.05) is 19.1 Å². The topological polar surface area (TPSA) is 59.3 Å². The van der Waals surface area contributed by atoms with Gasteiger partial charge in [-0.15, -0.1) is 0 Å². The molecule has 2 aliphatic rings. The highest BCUT2D eigenvalue weighted by Gasteiger charge is 2.37. The Morgan fingerprint density at radius 2 is 1.68 bits per heavy atom. The molecule has 6 nitrogen and oxygen atoms in total. The van der Waals surface area contributed by atoms with E-state index in [-0.39, 0.29) is 11.6 Å². The maximum Gasteiger partial charge on any atom is 0.329 e. The van der Waals surface area contributed by atoms with Crippen LogP contribution in [-0.2, 0) is 17.9 Å². The number of aromatic nitrogens is 2. The molecule has 2 saturated heterocycles. The zero-order valence-corrected chi connectivity index (χ0v) is 14.8. The van der Waals surface area contributed by atoms with Gasteiger partial charge in [0.2, 0.25) is 5.91 Å². The number of para-hydroxylation sites is 2. The number of benzene rings is 1. The van der Waals surface area contributed by atoms with Crippen LogP contribution in [0.4, 0.5) is 0 Å². The standard InChI is InChI=1S/C19H26N4O2/c1-2-8-22-16-5-3-4-6-17(16)23(19(22)25)9-7-18(24)21-12-14-10-20-11-15(14)13-21/h3-6,14-15,20H,2,7-13H2,1H3/t14-,15+. The summed E-state index contributed by atoms with van der Waals surface area (Å²) in [6.07, 6.45) is 1.31. The first-order chi connectivity index (χ1) is 12.2. The number of carbonyl (C=O) groups is 1. The van der Waals surface area contributed by atoms with Gasteiger partial charge in [0.05, 0.1) is 11.0 Å². The highest BCUT2D eigenvalue weighted by atomic mass is 16.2. The summed E-state index contributed by atoms with van der Waals surface area (Å²) in [6.45, 7) is 7.02. The predicted molar refractivity (Wildman–Crippen MR) is 97.5 cm³/mol. The van der Waals surface area contributed by atoms with Gasteiger partial charge in [-0.3, -0.25) is 13.9 Å². The van der Waals surface area contributed by atoms with Crippen molar-refractivity contribution < 1.29 is 4.79 Å². The van der Waals surface area contributed by atoms with Gasteiger partial charge in [0, 0.05) is 45.7 Å². The number of amides is 1. The van der Waals surface area contributed by atoms with Crippen molar-refractivity contribution in [1.29, 1.82) is 0 Å². The van der Waals surface area contributed by atoms with Gasteiger partial charge < -0.3 is 10.2 Å². The van der Waals surface area contributed by atoms with E-state index < -0.39 is 0 Å². The van der Waals surface area contributed by atoms with Crippen LogP contribution >= 0.6 is 0 Å². The normalized spacial score (nSPS) is 22.7. The van der Waals surface area contributed by atoms with E-state index in [1.165, 1.54) is 0 Å². The number of aryl methyl sites for hydroxylation is 2. The van der Waals surface area contributed by atoms with Gasteiger partial charge in [0.25, 0.3) is 0 Å². The predicted octanol–water partition coefficient (Wildman–Crippen LogP) is 1.28. The molecular weight excluding hydrogens is 316 g/mol. The van der Waals surface area contributed by atoms with Crippen molar-refractivity contribution in [3.63, 3.8) is 0 Å². The van der Waals surface area contributed by atoms with Crippen LogP contribution in [0.15, 0.2) is 29.1 Å². The fourth-order valence-corrected chi connectivity index (χ4v) is 4.35. The molecule has 1 N–H and O–H groups in total. The molecule has 2 fully saturated rings. The summed E-state index contributed by atoms with van der Waals surface area (Å²) in [4.78, 5) is 27.4. The molecule has 1 aromatic heterocycles. The summed E-state index contributed by atoms with van der Waals surface area (Å²) >= 11 is 0. The minimum absolute atomic E-state index is 0.00154. The SMILES string of the molecule is CCCn1c(=O)n(CCC(=O)N2C[C@H]3CNC[C@H]3C2)c2ccccc21. The molecule has 0 unspecified atom stereocenters. The Morgan fingerprint density at radius 3 is 2.28 bits per heavy atom. The Labute approximate surface area is 147 Å². The summed E-state index contributed by atoms with van der Waals surface area (Å²) in [5.74, 6) is 1.39. The fraction of sp³-hybridized carbons (Fsp3) is 0.579. The van der Waals surface area contributed by atoms with Crippen LogP contribution < -0.4 is 11.0 Å². The van der Waals surface area contributed by atoms with Gasteiger partial charge in [-0.2, -0.15) is 0 Å². The molecule has 134 valence electrons. The Kier molecular flexibility index (Phi) is 4.37. The first kappa shape index (κ1) is 16.4. The van der Waals surface area contributed by atoms with E-state index in [4.69, 9.17) is 0 Å². The third-order valence-electron chi connectivity index (χ3n) is 5.66. The maximum absolute atomic E-state index is 12.8. The number of hydrogen-bond donors (Lipinski definition) is 1. The highest BCUT2D eigenvalue weighted by molar-refractivity contribution is 5.78. The van der Waals surface area contributed by atoms with Gasteiger partial charge in [-0.05, 0) is 30.4 Å². The smallest absolute Gasteiger partial charge is 0.329 e. The van der Waals surface area contributed by atoms with Crippen molar-refractivity contribution in [2.75, 3.05) is 26.2 Å². The molecule has 0 bridgehead atoms. The lowest BCUT2D eigenvalue weighted by Gasteiger charge is -2.17. The number of imidazole rings is 1. The molecule has 0 radical (unpaired) electrons. The fourth-order valence-electron chi connectivity index (χ4n) is 4.35. The van der Waals surface area contributed by atoms with Gasteiger partial charge in [0.15, 0.2) is 0 Å². The molecule has 0 saturated carbocycles. The minimum Gasteiger partial charge on any atom is -0.342 e. The Hall–Kier alpha value is -2.08.